The molecule has 2 saturated carbocycles. The number of fused-ring (bicyclic) bond motifs is 2. The number of H-pyrrole nitrogens is 1. The molecule has 2 aliphatic carbocycles. The summed E-state index contributed by atoms with van der Waals surface area (Å²) in [5.74, 6) is 0.804. The van der Waals surface area contributed by atoms with E-state index in [9.17, 15) is 14.4 Å². The van der Waals surface area contributed by atoms with Crippen molar-refractivity contribution in [3.05, 3.63) is 102 Å². The number of allylic oxidation sites excluding steroid dienone is 1. The number of nitrogens with zero attached hydrogens (tertiary/aromatic N) is 4. The third kappa shape index (κ3) is 7.82. The number of aromatic amines is 1. The molecule has 3 fully saturated rings. The molecule has 4 aromatic rings. The van der Waals surface area contributed by atoms with Gasteiger partial charge in [-0.3, -0.25) is 24.4 Å². The van der Waals surface area contributed by atoms with Gasteiger partial charge in [0.25, 0.3) is 0 Å². The number of rotatable bonds is 13. The Morgan fingerprint density at radius 2 is 1.63 bits per heavy atom. The van der Waals surface area contributed by atoms with Crippen molar-refractivity contribution in [2.75, 3.05) is 20.8 Å². The van der Waals surface area contributed by atoms with Gasteiger partial charge >= 0.3 is 5.97 Å². The molecule has 2 aliphatic heterocycles. The SMILES string of the molecule is COC(=O)C[C@H](C(=O)N1CCC[C@H]1c1ncc(-c2ccc(-c3ccc(C4=CN=C([C@@H]5C6CCC(C6)[C@H]5C(=O)N[C@H](C)c5cccnc5)C4)cc3)cc2)[nH]1)[C@@H](C)OC. The van der Waals surface area contributed by atoms with Gasteiger partial charge in [0.05, 0.1) is 49.5 Å². The zero-order valence-corrected chi connectivity index (χ0v) is 33.2. The van der Waals surface area contributed by atoms with E-state index in [2.05, 4.69) is 63.8 Å². The highest BCUT2D eigenvalue weighted by molar-refractivity contribution is 6.02. The summed E-state index contributed by atoms with van der Waals surface area (Å²) in [6.45, 7) is 4.44. The van der Waals surface area contributed by atoms with Crippen LogP contribution in [0.1, 0.15) is 87.8 Å². The Balaban J connectivity index is 0.893. The molecule has 0 radical (unpaired) electrons. The molecule has 4 heterocycles. The van der Waals surface area contributed by atoms with Crippen LogP contribution in [0.25, 0.3) is 28.0 Å². The van der Waals surface area contributed by atoms with Gasteiger partial charge in [0, 0.05) is 56.2 Å². The van der Waals surface area contributed by atoms with E-state index in [4.69, 9.17) is 19.5 Å². The molecule has 2 aromatic heterocycles. The van der Waals surface area contributed by atoms with E-state index in [0.717, 1.165) is 77.2 Å². The zero-order chi connectivity index (χ0) is 39.6. The Morgan fingerprint density at radius 1 is 0.912 bits per heavy atom. The summed E-state index contributed by atoms with van der Waals surface area (Å²) < 4.78 is 10.3. The number of ether oxygens (including phenoxy) is 2. The molecule has 8 atom stereocenters. The highest BCUT2D eigenvalue weighted by Gasteiger charge is 2.53. The van der Waals surface area contributed by atoms with E-state index in [1.165, 1.54) is 19.1 Å². The van der Waals surface area contributed by atoms with Gasteiger partial charge < -0.3 is 24.7 Å². The number of aliphatic imine (C=N–C) groups is 1. The maximum Gasteiger partial charge on any atom is 0.306 e. The van der Waals surface area contributed by atoms with Gasteiger partial charge in [-0.2, -0.15) is 0 Å². The molecular weight excluding hydrogens is 717 g/mol. The lowest BCUT2D eigenvalue weighted by atomic mass is 9.74. The third-order valence-electron chi connectivity index (χ3n) is 13.0. The van der Waals surface area contributed by atoms with E-state index in [-0.39, 0.29) is 42.2 Å². The summed E-state index contributed by atoms with van der Waals surface area (Å²) in [6.07, 6.45) is 12.8. The number of carbonyl (C=O) groups is 3. The normalized spacial score (nSPS) is 24.1. The van der Waals surface area contributed by atoms with Crippen molar-refractivity contribution in [1.82, 2.24) is 25.2 Å². The first kappa shape index (κ1) is 38.5. The quantitative estimate of drug-likeness (QED) is 0.133. The highest BCUT2D eigenvalue weighted by atomic mass is 16.5. The number of esters is 1. The molecule has 57 heavy (non-hydrogen) atoms. The predicted molar refractivity (Wildman–Crippen MR) is 218 cm³/mol. The molecule has 4 aliphatic rings. The minimum absolute atomic E-state index is 0.0308. The summed E-state index contributed by atoms with van der Waals surface area (Å²) in [6, 6.07) is 20.7. The molecule has 296 valence electrons. The van der Waals surface area contributed by atoms with Crippen molar-refractivity contribution in [3.63, 3.8) is 0 Å². The second-order valence-corrected chi connectivity index (χ2v) is 16.2. The van der Waals surface area contributed by atoms with Crippen molar-refractivity contribution in [1.29, 1.82) is 0 Å². The van der Waals surface area contributed by atoms with Gasteiger partial charge in [0.1, 0.15) is 5.82 Å². The second-order valence-electron chi connectivity index (χ2n) is 16.2. The molecular formula is C46H52N6O5. The lowest BCUT2D eigenvalue weighted by Gasteiger charge is -2.31. The van der Waals surface area contributed by atoms with Gasteiger partial charge in [-0.05, 0) is 97.2 Å². The summed E-state index contributed by atoms with van der Waals surface area (Å²) in [5, 5.41) is 3.30. The van der Waals surface area contributed by atoms with Crippen LogP contribution in [0.5, 0.6) is 0 Å². The van der Waals surface area contributed by atoms with E-state index in [1.54, 1.807) is 13.3 Å². The number of methoxy groups -OCH3 is 2. The minimum atomic E-state index is -0.632. The highest BCUT2D eigenvalue weighted by Crippen LogP contribution is 2.54. The van der Waals surface area contributed by atoms with Gasteiger partial charge in [0.2, 0.25) is 11.8 Å². The zero-order valence-electron chi connectivity index (χ0n) is 33.2. The summed E-state index contributed by atoms with van der Waals surface area (Å²) in [5.41, 5.74) is 8.63. The molecule has 2 unspecified atom stereocenters. The standard InChI is InChI=1S/C46H52N6O5/c1-27(35-7-5-19-47-24-35)50-45(54)43-34-18-17-33(21-34)42(43)38-22-36(25-48-38)31-11-9-29(10-12-31)30-13-15-32(16-14-30)39-26-49-44(51-39)40-8-6-20-52(40)46(55)37(28(2)56-3)23-41(53)57-4/h5,7,9-16,19,24-28,33-34,37,40,42-43H,6,8,17-18,20-23H2,1-4H3,(H,49,51)(H,50,54)/t27-,28-,33?,34?,37+,40+,42+,43-/m1/s1. The Morgan fingerprint density at radius 3 is 2.33 bits per heavy atom. The number of pyridine rings is 1. The molecule has 11 heteroatoms. The van der Waals surface area contributed by atoms with Gasteiger partial charge in [-0.15, -0.1) is 0 Å². The molecule has 2 N–H and O–H groups in total. The fourth-order valence-corrected chi connectivity index (χ4v) is 9.78. The topological polar surface area (TPSA) is 139 Å². The van der Waals surface area contributed by atoms with Crippen LogP contribution < -0.4 is 5.32 Å². The smallest absolute Gasteiger partial charge is 0.306 e. The molecule has 2 amide bonds. The van der Waals surface area contributed by atoms with Crippen molar-refractivity contribution < 1.29 is 23.9 Å². The number of hydrogen-bond donors (Lipinski definition) is 2. The first-order valence-corrected chi connectivity index (χ1v) is 20.3. The number of hydrogen-bond acceptors (Lipinski definition) is 8. The molecule has 0 spiro atoms. The van der Waals surface area contributed by atoms with Gasteiger partial charge in [0.15, 0.2) is 0 Å². The average molecular weight is 769 g/mol. The largest absolute Gasteiger partial charge is 0.469 e. The number of carbonyl (C=O) groups excluding carboxylic acids is 3. The van der Waals surface area contributed by atoms with Gasteiger partial charge in [-0.25, -0.2) is 4.98 Å². The molecule has 2 aromatic carbocycles. The van der Waals surface area contributed by atoms with Crippen molar-refractivity contribution in [2.45, 2.75) is 77.0 Å². The van der Waals surface area contributed by atoms with Crippen molar-refractivity contribution >= 4 is 29.1 Å². The van der Waals surface area contributed by atoms with E-state index in [1.807, 2.05) is 49.5 Å². The lowest BCUT2D eigenvalue weighted by molar-refractivity contribution is -0.151. The van der Waals surface area contributed by atoms with Crippen LogP contribution in [0.3, 0.4) is 0 Å². The first-order chi connectivity index (χ1) is 27.7. The number of benzene rings is 2. The van der Waals surface area contributed by atoms with Crippen molar-refractivity contribution in [3.8, 4) is 22.4 Å². The predicted octanol–water partition coefficient (Wildman–Crippen LogP) is 7.74. The monoisotopic (exact) mass is 768 g/mol. The van der Waals surface area contributed by atoms with Crippen LogP contribution in [0, 0.1) is 29.6 Å². The Labute approximate surface area is 334 Å². The van der Waals surface area contributed by atoms with E-state index in [0.29, 0.717) is 18.4 Å². The maximum absolute atomic E-state index is 13.7. The number of nitrogens with one attached hydrogen (secondary N) is 2. The molecule has 1 saturated heterocycles. The Kier molecular flexibility index (Phi) is 11.2. The number of aromatic nitrogens is 3. The minimum Gasteiger partial charge on any atom is -0.469 e. The fourth-order valence-electron chi connectivity index (χ4n) is 9.78. The summed E-state index contributed by atoms with van der Waals surface area (Å²) in [4.78, 5) is 58.8. The van der Waals surface area contributed by atoms with Crippen LogP contribution in [-0.2, 0) is 23.9 Å². The van der Waals surface area contributed by atoms with Crippen molar-refractivity contribution in [2.24, 2.45) is 34.6 Å². The van der Waals surface area contributed by atoms with Crippen LogP contribution in [0.15, 0.2) is 90.4 Å². The number of likely N-dealkylation sites (tertiary alicyclic amines) is 1. The van der Waals surface area contributed by atoms with E-state index < -0.39 is 18.0 Å². The number of amides is 2. The van der Waals surface area contributed by atoms with Crippen LogP contribution in [-0.4, -0.2) is 70.2 Å². The van der Waals surface area contributed by atoms with Crippen LogP contribution in [0.2, 0.25) is 0 Å². The molecule has 2 bridgehead atoms. The second kappa shape index (κ2) is 16.6. The summed E-state index contributed by atoms with van der Waals surface area (Å²) in [7, 11) is 2.88. The number of imidazole rings is 1. The molecule has 8 rings (SSSR count). The van der Waals surface area contributed by atoms with Crippen LogP contribution in [0.4, 0.5) is 0 Å². The van der Waals surface area contributed by atoms with Gasteiger partial charge in [-0.1, -0.05) is 54.6 Å². The third-order valence-corrected chi connectivity index (χ3v) is 13.0. The maximum atomic E-state index is 13.7. The average Bonchev–Trinajstić information content (AvgIpc) is 4.11. The first-order valence-electron chi connectivity index (χ1n) is 20.3. The Bertz CT molecular complexity index is 2150. The fraction of sp³-hybridized carbons (Fsp3) is 0.435. The lowest BCUT2D eigenvalue weighted by Crippen LogP contribution is -2.42. The summed E-state index contributed by atoms with van der Waals surface area (Å²) >= 11 is 0. The van der Waals surface area contributed by atoms with Crippen LogP contribution >= 0.6 is 0 Å². The van der Waals surface area contributed by atoms with E-state index >= 15 is 0 Å². The Hall–Kier alpha value is -5.42. The molecule has 11 nitrogen and oxygen atoms in total.